The van der Waals surface area contributed by atoms with Gasteiger partial charge in [-0.3, -0.25) is 0 Å². The predicted molar refractivity (Wildman–Crippen MR) is 104 cm³/mol. The third kappa shape index (κ3) is 7.90. The molecule has 0 N–H and O–H groups in total. The van der Waals surface area contributed by atoms with Crippen molar-refractivity contribution in [1.29, 1.82) is 0 Å². The first-order valence-electron chi connectivity index (χ1n) is 8.42. The van der Waals surface area contributed by atoms with E-state index in [1.807, 2.05) is 19.1 Å². The Morgan fingerprint density at radius 2 is 1.46 bits per heavy atom. The van der Waals surface area contributed by atoms with Crippen molar-refractivity contribution in [2.24, 2.45) is 0 Å². The fraction of sp³-hybridized carbons (Fsp3) is 0.300. The highest BCUT2D eigenvalue weighted by Crippen LogP contribution is 2.30. The lowest BCUT2D eigenvalue weighted by molar-refractivity contribution is -0.137. The second-order valence-electron chi connectivity index (χ2n) is 5.86. The van der Waals surface area contributed by atoms with Gasteiger partial charge in [0.15, 0.2) is 0 Å². The number of aryl methyl sites for hydroxylation is 1. The predicted octanol–water partition coefficient (Wildman–Crippen LogP) is 6.56. The van der Waals surface area contributed by atoms with Gasteiger partial charge < -0.3 is 14.2 Å². The zero-order valence-electron chi connectivity index (χ0n) is 15.1. The van der Waals surface area contributed by atoms with E-state index in [0.717, 1.165) is 17.7 Å². The number of hydrogen-bond acceptors (Lipinski definition) is 3. The quantitative estimate of drug-likeness (QED) is 0.418. The molecule has 3 nitrogen and oxygen atoms in total. The first-order chi connectivity index (χ1) is 13.2. The van der Waals surface area contributed by atoms with Gasteiger partial charge in [-0.05, 0) is 55.0 Å². The van der Waals surface area contributed by atoms with Crippen molar-refractivity contribution in [2.45, 2.75) is 19.5 Å². The summed E-state index contributed by atoms with van der Waals surface area (Å²) in [5.41, 5.74) is 0.263. The molecule has 2 aromatic carbocycles. The van der Waals surface area contributed by atoms with Crippen LogP contribution >= 0.6 is 23.2 Å². The number of halogens is 5. The van der Waals surface area contributed by atoms with Crippen molar-refractivity contribution < 1.29 is 27.4 Å². The van der Waals surface area contributed by atoms with Crippen LogP contribution < -0.4 is 14.2 Å². The van der Waals surface area contributed by atoms with E-state index in [4.69, 9.17) is 37.4 Å². The largest absolute Gasteiger partial charge is 0.493 e. The summed E-state index contributed by atoms with van der Waals surface area (Å²) in [6, 6.07) is 10.1. The highest BCUT2D eigenvalue weighted by atomic mass is 35.5. The summed E-state index contributed by atoms with van der Waals surface area (Å²) in [5.74, 6) is 1.65. The molecule has 0 saturated carbocycles. The number of hydrogen-bond donors (Lipinski definition) is 0. The molecule has 2 rings (SSSR count). The minimum Gasteiger partial charge on any atom is -0.493 e. The molecule has 0 atom stereocenters. The Balaban J connectivity index is 1.76. The van der Waals surface area contributed by atoms with Crippen LogP contribution in [0.2, 0.25) is 0 Å². The molecule has 0 aliphatic carbocycles. The van der Waals surface area contributed by atoms with E-state index in [1.54, 1.807) is 6.07 Å². The van der Waals surface area contributed by atoms with Crippen molar-refractivity contribution in [3.63, 3.8) is 0 Å². The molecule has 0 aliphatic heterocycles. The number of rotatable bonds is 9. The van der Waals surface area contributed by atoms with Crippen LogP contribution in [0.25, 0.3) is 0 Å². The molecule has 0 spiro atoms. The summed E-state index contributed by atoms with van der Waals surface area (Å²) in [4.78, 5) is 0. The molecule has 0 bridgehead atoms. The van der Waals surface area contributed by atoms with Gasteiger partial charge in [-0.1, -0.05) is 23.2 Å². The molecule has 28 heavy (non-hydrogen) atoms. The zero-order valence-corrected chi connectivity index (χ0v) is 16.6. The van der Waals surface area contributed by atoms with E-state index >= 15 is 0 Å². The van der Waals surface area contributed by atoms with E-state index < -0.39 is 11.7 Å². The Bertz CT molecular complexity index is 786. The average molecular weight is 435 g/mol. The molecule has 0 fully saturated rings. The van der Waals surface area contributed by atoms with Crippen molar-refractivity contribution >= 4 is 23.2 Å². The van der Waals surface area contributed by atoms with Crippen LogP contribution in [0.1, 0.15) is 17.5 Å². The third-order valence-electron chi connectivity index (χ3n) is 3.52. The summed E-state index contributed by atoms with van der Waals surface area (Å²) in [5, 5.41) is 0. The lowest BCUT2D eigenvalue weighted by Gasteiger charge is -2.11. The lowest BCUT2D eigenvalue weighted by atomic mass is 10.2. The van der Waals surface area contributed by atoms with Crippen LogP contribution in [0.15, 0.2) is 53.0 Å². The van der Waals surface area contributed by atoms with Crippen molar-refractivity contribution in [3.8, 4) is 17.2 Å². The molecule has 0 radical (unpaired) electrons. The third-order valence-corrected chi connectivity index (χ3v) is 3.83. The van der Waals surface area contributed by atoms with E-state index in [-0.39, 0.29) is 11.1 Å². The van der Waals surface area contributed by atoms with E-state index in [1.165, 1.54) is 18.2 Å². The first-order valence-corrected chi connectivity index (χ1v) is 9.18. The van der Waals surface area contributed by atoms with Crippen LogP contribution in [0.4, 0.5) is 13.2 Å². The number of alkyl halides is 3. The summed E-state index contributed by atoms with van der Waals surface area (Å²) in [7, 11) is 0. The molecule has 0 amide bonds. The van der Waals surface area contributed by atoms with Gasteiger partial charge in [-0.25, -0.2) is 0 Å². The van der Waals surface area contributed by atoms with Crippen LogP contribution in [0.5, 0.6) is 17.2 Å². The standard InChI is InChI=1S/C20H19Cl2F3O3/c1-14-11-17(13-18(12-14)28-10-7-19(21)22)27-9-2-8-26-16-5-3-15(4-6-16)20(23,24)25/h3-7,11-13H,2,8-10H2,1H3. The Kier molecular flexibility index (Phi) is 8.33. The molecule has 152 valence electrons. The Labute approximate surface area is 171 Å². The fourth-order valence-electron chi connectivity index (χ4n) is 2.26. The van der Waals surface area contributed by atoms with Gasteiger partial charge in [-0.2, -0.15) is 13.2 Å². The molecular formula is C20H19Cl2F3O3. The van der Waals surface area contributed by atoms with Gasteiger partial charge in [0.1, 0.15) is 28.3 Å². The minimum atomic E-state index is -4.35. The normalized spacial score (nSPS) is 11.1. The summed E-state index contributed by atoms with van der Waals surface area (Å²) in [6.45, 7) is 2.86. The average Bonchev–Trinajstić information content (AvgIpc) is 2.60. The molecule has 8 heteroatoms. The summed E-state index contributed by atoms with van der Waals surface area (Å²) >= 11 is 11.1. The SMILES string of the molecule is Cc1cc(OCC=C(Cl)Cl)cc(OCCCOc2ccc(C(F)(F)F)cc2)c1. The molecule has 0 heterocycles. The molecule has 2 aromatic rings. The lowest BCUT2D eigenvalue weighted by Crippen LogP contribution is -2.06. The van der Waals surface area contributed by atoms with Gasteiger partial charge in [0.2, 0.25) is 0 Å². The first kappa shape index (κ1) is 22.2. The highest BCUT2D eigenvalue weighted by Gasteiger charge is 2.29. The van der Waals surface area contributed by atoms with E-state index in [2.05, 4.69) is 0 Å². The molecule has 0 unspecified atom stereocenters. The van der Waals surface area contributed by atoms with Gasteiger partial charge in [0, 0.05) is 12.5 Å². The smallest absolute Gasteiger partial charge is 0.416 e. The molecule has 0 saturated heterocycles. The zero-order chi connectivity index (χ0) is 20.6. The molecule has 0 aliphatic rings. The van der Waals surface area contributed by atoms with Gasteiger partial charge in [-0.15, -0.1) is 0 Å². The van der Waals surface area contributed by atoms with Crippen LogP contribution in [0, 0.1) is 6.92 Å². The topological polar surface area (TPSA) is 27.7 Å². The van der Waals surface area contributed by atoms with Crippen molar-refractivity contribution in [1.82, 2.24) is 0 Å². The van der Waals surface area contributed by atoms with Gasteiger partial charge >= 0.3 is 6.18 Å². The van der Waals surface area contributed by atoms with Crippen molar-refractivity contribution in [2.75, 3.05) is 19.8 Å². The number of ether oxygens (including phenoxy) is 3. The maximum absolute atomic E-state index is 12.5. The van der Waals surface area contributed by atoms with Gasteiger partial charge in [0.25, 0.3) is 0 Å². The fourth-order valence-corrected chi connectivity index (χ4v) is 2.39. The Morgan fingerprint density at radius 3 is 2.04 bits per heavy atom. The van der Waals surface area contributed by atoms with E-state index in [0.29, 0.717) is 36.9 Å². The maximum Gasteiger partial charge on any atom is 0.416 e. The minimum absolute atomic E-state index is 0.136. The Hall–Kier alpha value is -2.05. The molecule has 0 aromatic heterocycles. The maximum atomic E-state index is 12.5. The van der Waals surface area contributed by atoms with Crippen LogP contribution in [-0.2, 0) is 6.18 Å². The summed E-state index contributed by atoms with van der Waals surface area (Å²) in [6.07, 6.45) is -2.25. The van der Waals surface area contributed by atoms with Crippen LogP contribution in [0.3, 0.4) is 0 Å². The summed E-state index contributed by atoms with van der Waals surface area (Å²) < 4.78 is 54.3. The number of benzene rings is 2. The van der Waals surface area contributed by atoms with E-state index in [9.17, 15) is 13.2 Å². The van der Waals surface area contributed by atoms with Crippen molar-refractivity contribution in [3.05, 3.63) is 64.2 Å². The highest BCUT2D eigenvalue weighted by molar-refractivity contribution is 6.55. The van der Waals surface area contributed by atoms with Gasteiger partial charge in [0.05, 0.1) is 18.8 Å². The molecular weight excluding hydrogens is 416 g/mol. The monoisotopic (exact) mass is 434 g/mol. The van der Waals surface area contributed by atoms with Crippen LogP contribution in [-0.4, -0.2) is 19.8 Å². The second kappa shape index (κ2) is 10.5. The Morgan fingerprint density at radius 1 is 0.893 bits per heavy atom. The second-order valence-corrected chi connectivity index (χ2v) is 6.87.